The first-order valence-electron chi connectivity index (χ1n) is 7.73. The van der Waals surface area contributed by atoms with Crippen molar-refractivity contribution in [3.63, 3.8) is 0 Å². The Morgan fingerprint density at radius 2 is 1.85 bits per heavy atom. The molecule has 0 unspecified atom stereocenters. The van der Waals surface area contributed by atoms with Crippen molar-refractivity contribution in [1.29, 1.82) is 0 Å². The number of rotatable bonds is 6. The third kappa shape index (κ3) is 8.35. The Hall–Kier alpha value is -2.06. The second-order valence-electron chi connectivity index (χ2n) is 6.27. The molecule has 2 N–H and O–H groups in total. The average molecular weight is 406 g/mol. The fraction of sp³-hybridized carbons (Fsp3) is 0.500. The van der Waals surface area contributed by atoms with E-state index < -0.39 is 30.2 Å². The molecule has 2 amide bonds. The highest BCUT2D eigenvalue weighted by Gasteiger charge is 2.16. The SMILES string of the molecule is Cc1nc(NC(=O)COC(=O)CCNC(=O)OC(C)(C)C)c(Cl)cc1Cl. The van der Waals surface area contributed by atoms with E-state index in [4.69, 9.17) is 32.7 Å². The molecule has 0 radical (unpaired) electrons. The second-order valence-corrected chi connectivity index (χ2v) is 7.09. The Labute approximate surface area is 161 Å². The van der Waals surface area contributed by atoms with Crippen molar-refractivity contribution >= 4 is 47.0 Å². The minimum absolute atomic E-state index is 0.0269. The van der Waals surface area contributed by atoms with Crippen LogP contribution in [0.25, 0.3) is 0 Å². The monoisotopic (exact) mass is 405 g/mol. The number of aryl methyl sites for hydroxylation is 1. The first kappa shape index (κ1) is 22.0. The lowest BCUT2D eigenvalue weighted by Crippen LogP contribution is -2.34. The third-order valence-electron chi connectivity index (χ3n) is 2.72. The summed E-state index contributed by atoms with van der Waals surface area (Å²) in [6.07, 6.45) is -0.743. The molecular formula is C16H21Cl2N3O5. The molecule has 8 nitrogen and oxygen atoms in total. The van der Waals surface area contributed by atoms with E-state index in [9.17, 15) is 14.4 Å². The molecule has 0 aliphatic heterocycles. The van der Waals surface area contributed by atoms with Gasteiger partial charge in [-0.2, -0.15) is 0 Å². The Bertz CT molecular complexity index is 689. The molecule has 1 rings (SSSR count). The van der Waals surface area contributed by atoms with Gasteiger partial charge < -0.3 is 20.1 Å². The molecule has 0 saturated carbocycles. The highest BCUT2D eigenvalue weighted by molar-refractivity contribution is 6.36. The second kappa shape index (κ2) is 9.59. The van der Waals surface area contributed by atoms with Crippen LogP contribution in [0.15, 0.2) is 6.07 Å². The predicted molar refractivity (Wildman–Crippen MR) is 97.4 cm³/mol. The molecule has 26 heavy (non-hydrogen) atoms. The quantitative estimate of drug-likeness (QED) is 0.704. The zero-order chi connectivity index (χ0) is 19.9. The van der Waals surface area contributed by atoms with Gasteiger partial charge in [0.05, 0.1) is 22.2 Å². The summed E-state index contributed by atoms with van der Waals surface area (Å²) in [7, 11) is 0. The summed E-state index contributed by atoms with van der Waals surface area (Å²) in [4.78, 5) is 38.8. The van der Waals surface area contributed by atoms with Crippen molar-refractivity contribution in [3.05, 3.63) is 21.8 Å². The highest BCUT2D eigenvalue weighted by atomic mass is 35.5. The van der Waals surface area contributed by atoms with Gasteiger partial charge in [0.1, 0.15) is 5.60 Å². The molecule has 144 valence electrons. The standard InChI is InChI=1S/C16H21Cl2N3O5/c1-9-10(17)7-11(18)14(20-9)21-12(22)8-25-13(23)5-6-19-15(24)26-16(2,3)4/h7H,5-6,8H2,1-4H3,(H,19,24)(H,20,21,22). The topological polar surface area (TPSA) is 107 Å². The van der Waals surface area contributed by atoms with Gasteiger partial charge in [-0.25, -0.2) is 9.78 Å². The zero-order valence-corrected chi connectivity index (χ0v) is 16.5. The third-order valence-corrected chi connectivity index (χ3v) is 3.39. The summed E-state index contributed by atoms with van der Waals surface area (Å²) in [5.41, 5.74) is -0.130. The van der Waals surface area contributed by atoms with Crippen molar-refractivity contribution < 1.29 is 23.9 Å². The number of amides is 2. The van der Waals surface area contributed by atoms with Crippen LogP contribution in [0.1, 0.15) is 32.9 Å². The Balaban J connectivity index is 2.33. The van der Waals surface area contributed by atoms with Gasteiger partial charge >= 0.3 is 12.1 Å². The predicted octanol–water partition coefficient (Wildman–Crippen LogP) is 3.09. The minimum atomic E-state index is -0.650. The van der Waals surface area contributed by atoms with Gasteiger partial charge in [-0.3, -0.25) is 9.59 Å². The summed E-state index contributed by atoms with van der Waals surface area (Å²) in [5.74, 6) is -1.13. The maximum Gasteiger partial charge on any atom is 0.407 e. The number of carbonyl (C=O) groups is 3. The number of esters is 1. The van der Waals surface area contributed by atoms with Crippen molar-refractivity contribution in [2.24, 2.45) is 0 Å². The van der Waals surface area contributed by atoms with Gasteiger partial charge in [-0.05, 0) is 33.8 Å². The molecule has 0 fully saturated rings. The summed E-state index contributed by atoms with van der Waals surface area (Å²) in [6.45, 7) is 6.35. The number of hydrogen-bond acceptors (Lipinski definition) is 6. The number of carbonyl (C=O) groups excluding carboxylic acids is 3. The fourth-order valence-electron chi connectivity index (χ4n) is 1.61. The van der Waals surface area contributed by atoms with Crippen molar-refractivity contribution in [2.75, 3.05) is 18.5 Å². The minimum Gasteiger partial charge on any atom is -0.456 e. The van der Waals surface area contributed by atoms with Crippen LogP contribution < -0.4 is 10.6 Å². The smallest absolute Gasteiger partial charge is 0.407 e. The van der Waals surface area contributed by atoms with Crippen LogP contribution in [0.3, 0.4) is 0 Å². The molecule has 0 aliphatic rings. The number of aromatic nitrogens is 1. The average Bonchev–Trinajstić information content (AvgIpc) is 2.49. The fourth-order valence-corrected chi connectivity index (χ4v) is 2.02. The number of ether oxygens (including phenoxy) is 2. The molecule has 0 bridgehead atoms. The van der Waals surface area contributed by atoms with Crippen molar-refractivity contribution in [2.45, 2.75) is 39.7 Å². The molecule has 1 heterocycles. The molecule has 0 saturated heterocycles. The van der Waals surface area contributed by atoms with E-state index in [2.05, 4.69) is 15.6 Å². The maximum absolute atomic E-state index is 11.8. The van der Waals surface area contributed by atoms with Gasteiger partial charge in [0.25, 0.3) is 5.91 Å². The molecule has 0 atom stereocenters. The van der Waals surface area contributed by atoms with Gasteiger partial charge in [0.2, 0.25) is 0 Å². The van der Waals surface area contributed by atoms with Crippen LogP contribution in [0, 0.1) is 6.92 Å². The molecular weight excluding hydrogens is 385 g/mol. The molecule has 0 aliphatic carbocycles. The van der Waals surface area contributed by atoms with Gasteiger partial charge in [0.15, 0.2) is 12.4 Å². The first-order chi connectivity index (χ1) is 12.0. The zero-order valence-electron chi connectivity index (χ0n) is 14.9. The summed E-state index contributed by atoms with van der Waals surface area (Å²) in [5, 5.41) is 5.38. The number of nitrogens with one attached hydrogen (secondary N) is 2. The van der Waals surface area contributed by atoms with Gasteiger partial charge in [-0.15, -0.1) is 0 Å². The van der Waals surface area contributed by atoms with Crippen LogP contribution in [0.5, 0.6) is 0 Å². The lowest BCUT2D eigenvalue weighted by atomic mass is 10.2. The Morgan fingerprint density at radius 3 is 2.46 bits per heavy atom. The van der Waals surface area contributed by atoms with Gasteiger partial charge in [0, 0.05) is 6.54 Å². The first-order valence-corrected chi connectivity index (χ1v) is 8.48. The molecule has 1 aromatic heterocycles. The maximum atomic E-state index is 11.8. The molecule has 0 aromatic carbocycles. The van der Waals surface area contributed by atoms with Crippen LogP contribution in [-0.2, 0) is 19.1 Å². The lowest BCUT2D eigenvalue weighted by Gasteiger charge is -2.19. The van der Waals surface area contributed by atoms with E-state index >= 15 is 0 Å². The molecule has 10 heteroatoms. The number of alkyl carbamates (subject to hydrolysis) is 1. The van der Waals surface area contributed by atoms with E-state index in [-0.39, 0.29) is 23.8 Å². The largest absolute Gasteiger partial charge is 0.456 e. The number of anilines is 1. The van der Waals surface area contributed by atoms with E-state index in [1.165, 1.54) is 6.07 Å². The Morgan fingerprint density at radius 1 is 1.19 bits per heavy atom. The van der Waals surface area contributed by atoms with Crippen molar-refractivity contribution in [1.82, 2.24) is 10.3 Å². The summed E-state index contributed by atoms with van der Waals surface area (Å²) in [6, 6.07) is 1.45. The number of pyridine rings is 1. The van der Waals surface area contributed by atoms with E-state index in [0.717, 1.165) is 0 Å². The molecule has 0 spiro atoms. The highest BCUT2D eigenvalue weighted by Crippen LogP contribution is 2.25. The Kier molecular flexibility index (Phi) is 8.10. The lowest BCUT2D eigenvalue weighted by molar-refractivity contribution is -0.147. The van der Waals surface area contributed by atoms with Gasteiger partial charge in [-0.1, -0.05) is 23.2 Å². The van der Waals surface area contributed by atoms with E-state index in [0.29, 0.717) is 10.7 Å². The van der Waals surface area contributed by atoms with Crippen LogP contribution in [0.4, 0.5) is 10.6 Å². The molecule has 1 aromatic rings. The summed E-state index contributed by atoms with van der Waals surface area (Å²) < 4.78 is 9.83. The summed E-state index contributed by atoms with van der Waals surface area (Å²) >= 11 is 11.8. The van der Waals surface area contributed by atoms with Crippen molar-refractivity contribution in [3.8, 4) is 0 Å². The van der Waals surface area contributed by atoms with Crippen LogP contribution in [0.2, 0.25) is 10.0 Å². The number of nitrogens with zero attached hydrogens (tertiary/aromatic N) is 1. The van der Waals surface area contributed by atoms with Crippen LogP contribution in [-0.4, -0.2) is 41.7 Å². The van der Waals surface area contributed by atoms with Crippen LogP contribution >= 0.6 is 23.2 Å². The van der Waals surface area contributed by atoms with E-state index in [1.54, 1.807) is 27.7 Å². The number of halogens is 2. The normalized spacial score (nSPS) is 10.8. The van der Waals surface area contributed by atoms with E-state index in [1.807, 2.05) is 0 Å². The number of hydrogen-bond donors (Lipinski definition) is 2.